The Hall–Kier alpha value is -2.67. The van der Waals surface area contributed by atoms with Gasteiger partial charge in [-0.05, 0) is 31.0 Å². The Morgan fingerprint density at radius 2 is 2.16 bits per heavy atom. The molecule has 1 aromatic carbocycles. The molecule has 0 radical (unpaired) electrons. The summed E-state index contributed by atoms with van der Waals surface area (Å²) in [6.45, 7) is 1.95. The lowest BCUT2D eigenvalue weighted by atomic mass is 9.93. The van der Waals surface area contributed by atoms with Gasteiger partial charge < -0.3 is 19.5 Å². The Labute approximate surface area is 143 Å². The van der Waals surface area contributed by atoms with E-state index in [4.69, 9.17) is 9.52 Å². The molecule has 25 heavy (non-hydrogen) atoms. The summed E-state index contributed by atoms with van der Waals surface area (Å²) in [6.07, 6.45) is 1.23. The number of benzene rings is 1. The van der Waals surface area contributed by atoms with Crippen molar-refractivity contribution in [2.45, 2.75) is 25.4 Å². The first-order chi connectivity index (χ1) is 11.8. The smallest absolute Gasteiger partial charge is 0.311 e. The van der Waals surface area contributed by atoms with Crippen LogP contribution < -0.4 is 0 Å². The fourth-order valence-corrected chi connectivity index (χ4v) is 3.19. The lowest BCUT2D eigenvalue weighted by Crippen LogP contribution is -2.35. The zero-order chi connectivity index (χ0) is 18.2. The van der Waals surface area contributed by atoms with E-state index in [-0.39, 0.29) is 30.8 Å². The number of hydrogen-bond donors (Lipinski definition) is 2. The molecule has 2 aromatic rings. The van der Waals surface area contributed by atoms with Gasteiger partial charge in [0.25, 0.3) is 5.91 Å². The maximum Gasteiger partial charge on any atom is 0.311 e. The lowest BCUT2D eigenvalue weighted by Gasteiger charge is -2.24. The highest BCUT2D eigenvalue weighted by Crippen LogP contribution is 2.33. The molecule has 0 aliphatic carbocycles. The van der Waals surface area contributed by atoms with Crippen molar-refractivity contribution >= 4 is 11.9 Å². The Kier molecular flexibility index (Phi) is 4.34. The highest BCUT2D eigenvalue weighted by atomic mass is 19.1. The number of carboxylic acids is 1. The SMILES string of the molecule is Cc1coc(CC(=O)O)c1C(=O)N1CCC(O)(c2cccc(F)c2)C1. The van der Waals surface area contributed by atoms with Crippen molar-refractivity contribution in [1.29, 1.82) is 0 Å². The average molecular weight is 347 g/mol. The normalized spacial score (nSPS) is 20.0. The number of aliphatic carboxylic acids is 1. The first-order valence-electron chi connectivity index (χ1n) is 7.86. The van der Waals surface area contributed by atoms with Crippen LogP contribution in [0.15, 0.2) is 34.9 Å². The Balaban J connectivity index is 1.84. The third-order valence-corrected chi connectivity index (χ3v) is 4.47. The van der Waals surface area contributed by atoms with Crippen LogP contribution in [-0.4, -0.2) is 40.1 Å². The van der Waals surface area contributed by atoms with Gasteiger partial charge in [0, 0.05) is 12.1 Å². The molecular weight excluding hydrogens is 329 g/mol. The molecule has 1 aliphatic rings. The number of hydrogen-bond acceptors (Lipinski definition) is 4. The number of furan rings is 1. The van der Waals surface area contributed by atoms with Gasteiger partial charge in [0.1, 0.15) is 23.6 Å². The molecule has 1 aromatic heterocycles. The molecule has 2 heterocycles. The van der Waals surface area contributed by atoms with Gasteiger partial charge in [-0.3, -0.25) is 9.59 Å². The van der Waals surface area contributed by atoms with Crippen molar-refractivity contribution in [2.75, 3.05) is 13.1 Å². The summed E-state index contributed by atoms with van der Waals surface area (Å²) in [5.41, 5.74) is -0.159. The molecule has 1 aliphatic heterocycles. The van der Waals surface area contributed by atoms with Gasteiger partial charge in [0.15, 0.2) is 0 Å². The van der Waals surface area contributed by atoms with Crippen LogP contribution >= 0.6 is 0 Å². The number of carbonyl (C=O) groups is 2. The van der Waals surface area contributed by atoms with Crippen molar-refractivity contribution in [3.05, 3.63) is 58.8 Å². The first kappa shape index (κ1) is 17.2. The minimum Gasteiger partial charge on any atom is -0.481 e. The van der Waals surface area contributed by atoms with Gasteiger partial charge >= 0.3 is 5.97 Å². The zero-order valence-electron chi connectivity index (χ0n) is 13.7. The minimum atomic E-state index is -1.33. The number of amides is 1. The number of rotatable bonds is 4. The lowest BCUT2D eigenvalue weighted by molar-refractivity contribution is -0.136. The summed E-state index contributed by atoms with van der Waals surface area (Å²) in [7, 11) is 0. The predicted molar refractivity (Wildman–Crippen MR) is 85.6 cm³/mol. The molecule has 2 N–H and O–H groups in total. The van der Waals surface area contributed by atoms with Crippen LogP contribution in [0.3, 0.4) is 0 Å². The third-order valence-electron chi connectivity index (χ3n) is 4.47. The Morgan fingerprint density at radius 1 is 1.40 bits per heavy atom. The monoisotopic (exact) mass is 347 g/mol. The van der Waals surface area contributed by atoms with Crippen LogP contribution in [0.2, 0.25) is 0 Å². The van der Waals surface area contributed by atoms with E-state index in [1.54, 1.807) is 13.0 Å². The minimum absolute atomic E-state index is 0.00637. The van der Waals surface area contributed by atoms with Crippen LogP contribution in [0.4, 0.5) is 4.39 Å². The number of nitrogens with zero attached hydrogens (tertiary/aromatic N) is 1. The van der Waals surface area contributed by atoms with E-state index in [0.717, 1.165) is 0 Å². The van der Waals surface area contributed by atoms with Gasteiger partial charge in [-0.15, -0.1) is 0 Å². The van der Waals surface area contributed by atoms with Crippen LogP contribution in [0.5, 0.6) is 0 Å². The van der Waals surface area contributed by atoms with Crippen LogP contribution in [0.25, 0.3) is 0 Å². The number of aliphatic hydroxyl groups is 1. The molecule has 0 spiro atoms. The largest absolute Gasteiger partial charge is 0.481 e. The topological polar surface area (TPSA) is 91.0 Å². The van der Waals surface area contributed by atoms with E-state index >= 15 is 0 Å². The number of carbonyl (C=O) groups excluding carboxylic acids is 1. The van der Waals surface area contributed by atoms with Crippen molar-refractivity contribution in [2.24, 2.45) is 0 Å². The van der Waals surface area contributed by atoms with Gasteiger partial charge in [-0.2, -0.15) is 0 Å². The Bertz CT molecular complexity index is 831. The van der Waals surface area contributed by atoms with Gasteiger partial charge in [-0.25, -0.2) is 4.39 Å². The molecule has 1 atom stereocenters. The summed E-state index contributed by atoms with van der Waals surface area (Å²) in [6, 6.07) is 5.68. The van der Waals surface area contributed by atoms with Gasteiger partial charge in [-0.1, -0.05) is 12.1 Å². The van der Waals surface area contributed by atoms with Gasteiger partial charge in [0.05, 0.1) is 18.4 Å². The quantitative estimate of drug-likeness (QED) is 0.884. The van der Waals surface area contributed by atoms with Crippen molar-refractivity contribution in [3.8, 4) is 0 Å². The van der Waals surface area contributed by atoms with Crippen molar-refractivity contribution in [3.63, 3.8) is 0 Å². The number of β-amino-alcohol motifs (C(OH)–C–C–N with tert-alkyl or cyclic N) is 1. The second-order valence-corrected chi connectivity index (χ2v) is 6.31. The molecule has 3 rings (SSSR count). The van der Waals surface area contributed by atoms with E-state index < -0.39 is 29.7 Å². The summed E-state index contributed by atoms with van der Waals surface area (Å²) in [5.74, 6) is -1.85. The molecule has 1 saturated heterocycles. The van der Waals surface area contributed by atoms with E-state index in [0.29, 0.717) is 11.1 Å². The van der Waals surface area contributed by atoms with Gasteiger partial charge in [0.2, 0.25) is 0 Å². The van der Waals surface area contributed by atoms with Crippen molar-refractivity contribution in [1.82, 2.24) is 4.90 Å². The summed E-state index contributed by atoms with van der Waals surface area (Å²) in [4.78, 5) is 25.2. The molecule has 1 amide bonds. The summed E-state index contributed by atoms with van der Waals surface area (Å²) in [5, 5.41) is 19.8. The molecule has 1 fully saturated rings. The maximum atomic E-state index is 13.4. The van der Waals surface area contributed by atoms with Crippen LogP contribution in [0, 0.1) is 12.7 Å². The third kappa shape index (κ3) is 3.28. The van der Waals surface area contributed by atoms with E-state index in [2.05, 4.69) is 0 Å². The van der Waals surface area contributed by atoms with E-state index in [9.17, 15) is 19.1 Å². The molecule has 7 heteroatoms. The van der Waals surface area contributed by atoms with E-state index in [1.165, 1.54) is 29.4 Å². The maximum absolute atomic E-state index is 13.4. The first-order valence-corrected chi connectivity index (χ1v) is 7.86. The highest BCUT2D eigenvalue weighted by molar-refractivity contribution is 5.97. The summed E-state index contributed by atoms with van der Waals surface area (Å²) >= 11 is 0. The number of carboxylic acid groups (broad SMARTS) is 1. The second-order valence-electron chi connectivity index (χ2n) is 6.31. The number of likely N-dealkylation sites (tertiary alicyclic amines) is 1. The predicted octanol–water partition coefficient (Wildman–Crippen LogP) is 2.09. The second kappa shape index (κ2) is 6.33. The molecule has 0 saturated carbocycles. The highest BCUT2D eigenvalue weighted by Gasteiger charge is 2.41. The average Bonchev–Trinajstić information content (AvgIpc) is 3.11. The summed E-state index contributed by atoms with van der Waals surface area (Å²) < 4.78 is 18.6. The fourth-order valence-electron chi connectivity index (χ4n) is 3.19. The molecular formula is C18H18FNO5. The Morgan fingerprint density at radius 3 is 2.84 bits per heavy atom. The number of aryl methyl sites for hydroxylation is 1. The number of halogens is 1. The zero-order valence-corrected chi connectivity index (χ0v) is 13.7. The molecule has 0 bridgehead atoms. The van der Waals surface area contributed by atoms with Crippen LogP contribution in [0.1, 0.15) is 33.7 Å². The van der Waals surface area contributed by atoms with Crippen LogP contribution in [-0.2, 0) is 16.8 Å². The molecule has 132 valence electrons. The standard InChI is InChI=1S/C18H18FNO5/c1-11-9-25-14(8-15(21)22)16(11)17(23)20-6-5-18(24,10-20)12-3-2-4-13(19)7-12/h2-4,7,9,24H,5-6,8,10H2,1H3,(H,21,22). The molecule has 1 unspecified atom stereocenters. The van der Waals surface area contributed by atoms with E-state index in [1.807, 2.05) is 0 Å². The fraction of sp³-hybridized carbons (Fsp3) is 0.333. The molecule has 6 nitrogen and oxygen atoms in total. The van der Waals surface area contributed by atoms with Crippen molar-refractivity contribution < 1.29 is 28.6 Å².